The smallest absolute Gasteiger partial charge is 0.222 e. The molecule has 0 aliphatic heterocycles. The minimum atomic E-state index is 0.137. The van der Waals surface area contributed by atoms with Gasteiger partial charge in [-0.1, -0.05) is 13.8 Å². The van der Waals surface area contributed by atoms with E-state index in [9.17, 15) is 4.79 Å². The van der Waals surface area contributed by atoms with Gasteiger partial charge in [0.05, 0.1) is 6.61 Å². The minimum Gasteiger partial charge on any atom is -0.381 e. The van der Waals surface area contributed by atoms with Crippen LogP contribution in [0.1, 0.15) is 52.4 Å². The summed E-state index contributed by atoms with van der Waals surface area (Å²) >= 11 is 0. The molecule has 0 unspecified atom stereocenters. The Morgan fingerprint density at radius 2 is 1.78 bits per heavy atom. The highest BCUT2D eigenvalue weighted by molar-refractivity contribution is 5.76. The molecular formula is C14H28N2O2. The van der Waals surface area contributed by atoms with Crippen LogP contribution >= 0.6 is 0 Å². The van der Waals surface area contributed by atoms with Crippen LogP contribution in [-0.4, -0.2) is 37.7 Å². The zero-order valence-electron chi connectivity index (χ0n) is 11.8. The predicted octanol–water partition coefficient (Wildman–Crippen LogP) is 1.84. The number of hydrogen-bond acceptors (Lipinski definition) is 3. The Bertz CT molecular complexity index is 226. The van der Waals surface area contributed by atoms with E-state index in [0.29, 0.717) is 25.1 Å². The van der Waals surface area contributed by atoms with Crippen LogP contribution in [0.15, 0.2) is 0 Å². The van der Waals surface area contributed by atoms with Crippen molar-refractivity contribution in [2.24, 2.45) is 0 Å². The van der Waals surface area contributed by atoms with Gasteiger partial charge >= 0.3 is 0 Å². The summed E-state index contributed by atoms with van der Waals surface area (Å²) in [5.74, 6) is 0.137. The van der Waals surface area contributed by atoms with Crippen LogP contribution in [0.3, 0.4) is 0 Å². The number of carbonyl (C=O) groups excluding carboxylic acids is 1. The number of nitrogens with one attached hydrogen (secondary N) is 2. The van der Waals surface area contributed by atoms with Gasteiger partial charge < -0.3 is 15.4 Å². The third kappa shape index (κ3) is 6.36. The first-order valence-electron chi connectivity index (χ1n) is 7.36. The average molecular weight is 256 g/mol. The third-order valence-corrected chi connectivity index (χ3v) is 3.41. The van der Waals surface area contributed by atoms with Gasteiger partial charge in [0, 0.05) is 25.1 Å². The lowest BCUT2D eigenvalue weighted by atomic mass is 9.91. The van der Waals surface area contributed by atoms with E-state index in [0.717, 1.165) is 32.4 Å². The maximum atomic E-state index is 11.7. The summed E-state index contributed by atoms with van der Waals surface area (Å²) < 4.78 is 5.32. The fourth-order valence-corrected chi connectivity index (χ4v) is 2.44. The number of ether oxygens (including phenoxy) is 1. The van der Waals surface area contributed by atoms with Gasteiger partial charge in [-0.25, -0.2) is 0 Å². The maximum Gasteiger partial charge on any atom is 0.222 e. The van der Waals surface area contributed by atoms with Crippen molar-refractivity contribution >= 4 is 5.91 Å². The van der Waals surface area contributed by atoms with Crippen LogP contribution in [0, 0.1) is 0 Å². The van der Waals surface area contributed by atoms with Crippen molar-refractivity contribution in [3.05, 3.63) is 0 Å². The zero-order valence-corrected chi connectivity index (χ0v) is 11.8. The lowest BCUT2D eigenvalue weighted by Gasteiger charge is -2.29. The lowest BCUT2D eigenvalue weighted by Crippen LogP contribution is -2.42. The summed E-state index contributed by atoms with van der Waals surface area (Å²) in [7, 11) is 0. The number of hydrogen-bond donors (Lipinski definition) is 2. The normalized spacial score (nSPS) is 23.9. The second kappa shape index (κ2) is 9.34. The zero-order chi connectivity index (χ0) is 13.2. The van der Waals surface area contributed by atoms with Crippen molar-refractivity contribution in [3.8, 4) is 0 Å². The summed E-state index contributed by atoms with van der Waals surface area (Å²) in [5, 5.41) is 6.59. The van der Waals surface area contributed by atoms with Gasteiger partial charge in [-0.15, -0.1) is 0 Å². The molecule has 0 radical (unpaired) electrons. The first-order valence-corrected chi connectivity index (χ1v) is 7.36. The van der Waals surface area contributed by atoms with Crippen LogP contribution in [0.4, 0.5) is 0 Å². The molecule has 4 heteroatoms. The van der Waals surface area contributed by atoms with Gasteiger partial charge in [0.15, 0.2) is 0 Å². The van der Waals surface area contributed by atoms with Crippen LogP contribution in [-0.2, 0) is 9.53 Å². The highest BCUT2D eigenvalue weighted by atomic mass is 16.5. The molecule has 0 saturated heterocycles. The summed E-state index contributed by atoms with van der Waals surface area (Å²) in [5.41, 5.74) is 0. The number of amides is 1. The van der Waals surface area contributed by atoms with E-state index in [-0.39, 0.29) is 5.91 Å². The van der Waals surface area contributed by atoms with Crippen molar-refractivity contribution < 1.29 is 9.53 Å². The molecule has 0 atom stereocenters. The molecule has 18 heavy (non-hydrogen) atoms. The molecule has 0 spiro atoms. The van der Waals surface area contributed by atoms with E-state index in [4.69, 9.17) is 4.74 Å². The van der Waals surface area contributed by atoms with Gasteiger partial charge in [0.1, 0.15) is 0 Å². The van der Waals surface area contributed by atoms with Crippen LogP contribution in [0.25, 0.3) is 0 Å². The molecule has 106 valence electrons. The average Bonchev–Trinajstić information content (AvgIpc) is 2.37. The van der Waals surface area contributed by atoms with Crippen molar-refractivity contribution in [2.75, 3.05) is 19.8 Å². The molecule has 2 N–H and O–H groups in total. The van der Waals surface area contributed by atoms with E-state index in [2.05, 4.69) is 24.5 Å². The molecular weight excluding hydrogens is 228 g/mol. The van der Waals surface area contributed by atoms with Gasteiger partial charge in [0.2, 0.25) is 5.91 Å². The Morgan fingerprint density at radius 3 is 2.39 bits per heavy atom. The standard InChI is InChI=1S/C14H28N2O2/c1-3-10-18-11-9-14(17)16-13-7-5-12(6-8-13)15-4-2/h12-13,15H,3-11H2,1-2H3,(H,16,17). The van der Waals surface area contributed by atoms with Crippen molar-refractivity contribution in [1.29, 1.82) is 0 Å². The summed E-state index contributed by atoms with van der Waals surface area (Å²) in [4.78, 5) is 11.7. The summed E-state index contributed by atoms with van der Waals surface area (Å²) in [6.07, 6.45) is 6.04. The highest BCUT2D eigenvalue weighted by Crippen LogP contribution is 2.18. The molecule has 1 fully saturated rings. The van der Waals surface area contributed by atoms with E-state index >= 15 is 0 Å². The Labute approximate surface area is 111 Å². The Hall–Kier alpha value is -0.610. The highest BCUT2D eigenvalue weighted by Gasteiger charge is 2.21. The minimum absolute atomic E-state index is 0.137. The van der Waals surface area contributed by atoms with E-state index in [1.165, 1.54) is 12.8 Å². The quantitative estimate of drug-likeness (QED) is 0.652. The summed E-state index contributed by atoms with van der Waals surface area (Å²) in [6.45, 7) is 6.55. The molecule has 1 amide bonds. The predicted molar refractivity (Wildman–Crippen MR) is 73.6 cm³/mol. The SMILES string of the molecule is CCCOCCC(=O)NC1CCC(NCC)CC1. The molecule has 0 heterocycles. The fraction of sp³-hybridized carbons (Fsp3) is 0.929. The molecule has 1 aliphatic rings. The fourth-order valence-electron chi connectivity index (χ4n) is 2.44. The molecule has 0 aromatic heterocycles. The van der Waals surface area contributed by atoms with Gasteiger partial charge in [0.25, 0.3) is 0 Å². The maximum absolute atomic E-state index is 11.7. The third-order valence-electron chi connectivity index (χ3n) is 3.41. The molecule has 1 rings (SSSR count). The van der Waals surface area contributed by atoms with E-state index in [1.807, 2.05) is 0 Å². The molecule has 1 aliphatic carbocycles. The molecule has 0 aromatic rings. The molecule has 0 aromatic carbocycles. The van der Waals surface area contributed by atoms with Crippen molar-refractivity contribution in [1.82, 2.24) is 10.6 Å². The second-order valence-corrected chi connectivity index (χ2v) is 5.04. The summed E-state index contributed by atoms with van der Waals surface area (Å²) in [6, 6.07) is 1.02. The first-order chi connectivity index (χ1) is 8.76. The topological polar surface area (TPSA) is 50.4 Å². The Balaban J connectivity index is 2.07. The van der Waals surface area contributed by atoms with Crippen LogP contribution in [0.2, 0.25) is 0 Å². The molecule has 4 nitrogen and oxygen atoms in total. The Kier molecular flexibility index (Phi) is 8.01. The van der Waals surface area contributed by atoms with E-state index < -0.39 is 0 Å². The van der Waals surface area contributed by atoms with Crippen molar-refractivity contribution in [3.63, 3.8) is 0 Å². The van der Waals surface area contributed by atoms with Crippen LogP contribution in [0.5, 0.6) is 0 Å². The molecule has 0 bridgehead atoms. The monoisotopic (exact) mass is 256 g/mol. The largest absolute Gasteiger partial charge is 0.381 e. The lowest BCUT2D eigenvalue weighted by molar-refractivity contribution is -0.123. The Morgan fingerprint density at radius 1 is 1.11 bits per heavy atom. The van der Waals surface area contributed by atoms with Gasteiger partial charge in [-0.05, 0) is 38.6 Å². The van der Waals surface area contributed by atoms with E-state index in [1.54, 1.807) is 0 Å². The number of carbonyl (C=O) groups is 1. The number of rotatable bonds is 8. The van der Waals surface area contributed by atoms with Crippen LogP contribution < -0.4 is 10.6 Å². The molecule has 1 saturated carbocycles. The van der Waals surface area contributed by atoms with Gasteiger partial charge in [-0.2, -0.15) is 0 Å². The van der Waals surface area contributed by atoms with Crippen molar-refractivity contribution in [2.45, 2.75) is 64.5 Å². The first kappa shape index (κ1) is 15.4. The van der Waals surface area contributed by atoms with Gasteiger partial charge in [-0.3, -0.25) is 4.79 Å². The second-order valence-electron chi connectivity index (χ2n) is 5.04.